The average Bonchev–Trinajstić information content (AvgIpc) is 2.55. The summed E-state index contributed by atoms with van der Waals surface area (Å²) in [6.45, 7) is -0.590. The Bertz CT molecular complexity index is 528. The van der Waals surface area contributed by atoms with E-state index in [2.05, 4.69) is 9.44 Å². The van der Waals surface area contributed by atoms with Gasteiger partial charge in [-0.15, -0.1) is 0 Å². The molecule has 0 aliphatic carbocycles. The highest BCUT2D eigenvalue weighted by Gasteiger charge is 2.44. The zero-order valence-electron chi connectivity index (χ0n) is 13.4. The van der Waals surface area contributed by atoms with E-state index in [0.717, 1.165) is 23.9 Å². The van der Waals surface area contributed by atoms with Gasteiger partial charge in [0.25, 0.3) is 10.4 Å². The minimum Gasteiger partial charge on any atom is -0.714 e. The lowest BCUT2D eigenvalue weighted by Gasteiger charge is -2.39. The number of thioether (sulfide) groups is 2. The Kier molecular flexibility index (Phi) is 9.98. The fourth-order valence-corrected chi connectivity index (χ4v) is 3.87. The quantitative estimate of drug-likeness (QED) is 0.0886. The van der Waals surface area contributed by atoms with Crippen molar-refractivity contribution in [2.75, 3.05) is 18.6 Å². The molecule has 148 valence electrons. The van der Waals surface area contributed by atoms with Crippen LogP contribution in [0.4, 0.5) is 0 Å². The number of aliphatic hydroxyl groups excluding tert-OH is 4. The van der Waals surface area contributed by atoms with Crippen molar-refractivity contribution in [2.45, 2.75) is 49.1 Å². The fourth-order valence-electron chi connectivity index (χ4n) is 2.03. The van der Waals surface area contributed by atoms with E-state index in [1.54, 1.807) is 11.8 Å². The Morgan fingerprint density at radius 1 is 1.24 bits per heavy atom. The first kappa shape index (κ1) is 22.9. The van der Waals surface area contributed by atoms with Gasteiger partial charge in [-0.1, -0.05) is 16.9 Å². The van der Waals surface area contributed by atoms with Crippen molar-refractivity contribution in [3.63, 3.8) is 0 Å². The van der Waals surface area contributed by atoms with Crippen LogP contribution in [0.5, 0.6) is 0 Å². The van der Waals surface area contributed by atoms with Crippen LogP contribution in [0, 0.1) is 0 Å². The molecule has 25 heavy (non-hydrogen) atoms. The van der Waals surface area contributed by atoms with Crippen LogP contribution in [0.3, 0.4) is 0 Å². The molecule has 4 N–H and O–H groups in total. The van der Waals surface area contributed by atoms with Gasteiger partial charge in [-0.25, -0.2) is 0 Å². The van der Waals surface area contributed by atoms with Crippen LogP contribution in [-0.2, 0) is 19.4 Å². The summed E-state index contributed by atoms with van der Waals surface area (Å²) in [5, 5.41) is 42.0. The minimum absolute atomic E-state index is 0.0739. The molecule has 0 radical (unpaired) electrons. The molecule has 1 heterocycles. The predicted molar refractivity (Wildman–Crippen MR) is 91.8 cm³/mol. The van der Waals surface area contributed by atoms with E-state index in [1.807, 2.05) is 6.26 Å². The molecule has 0 unspecified atom stereocenters. The largest absolute Gasteiger partial charge is 0.714 e. The Balaban J connectivity index is 2.80. The van der Waals surface area contributed by atoms with Crippen LogP contribution in [0.15, 0.2) is 5.16 Å². The summed E-state index contributed by atoms with van der Waals surface area (Å²) < 4.78 is 40.9. The van der Waals surface area contributed by atoms with Gasteiger partial charge in [0.1, 0.15) is 34.9 Å². The van der Waals surface area contributed by atoms with E-state index in [1.165, 1.54) is 0 Å². The van der Waals surface area contributed by atoms with Crippen molar-refractivity contribution in [3.8, 4) is 0 Å². The number of ether oxygens (including phenoxy) is 1. The number of oxime groups is 1. The monoisotopic (exact) mass is 420 g/mol. The Morgan fingerprint density at radius 2 is 1.92 bits per heavy atom. The van der Waals surface area contributed by atoms with Gasteiger partial charge in [0, 0.05) is 0 Å². The van der Waals surface area contributed by atoms with E-state index < -0.39 is 46.9 Å². The second-order valence-corrected chi connectivity index (χ2v) is 8.36. The maximum absolute atomic E-state index is 10.6. The van der Waals surface area contributed by atoms with E-state index in [-0.39, 0.29) is 11.5 Å². The number of hydrogen-bond donors (Lipinski definition) is 4. The van der Waals surface area contributed by atoms with Crippen molar-refractivity contribution < 1.29 is 42.4 Å². The molecule has 5 atom stereocenters. The van der Waals surface area contributed by atoms with Crippen LogP contribution < -0.4 is 0 Å². The van der Waals surface area contributed by atoms with Gasteiger partial charge in [-0.3, -0.25) is 4.28 Å². The lowest BCUT2D eigenvalue weighted by atomic mass is 10.0. The number of hydrogen-bond acceptors (Lipinski definition) is 12. The van der Waals surface area contributed by atoms with Gasteiger partial charge < -0.3 is 29.7 Å². The molecule has 13 heteroatoms. The molecule has 0 spiro atoms. The van der Waals surface area contributed by atoms with Gasteiger partial charge in [0.15, 0.2) is 0 Å². The Hall–Kier alpha value is -0.120. The lowest BCUT2D eigenvalue weighted by molar-refractivity contribution is -0.205. The zero-order valence-corrected chi connectivity index (χ0v) is 15.9. The molecule has 0 aromatic rings. The normalized spacial score (nSPS) is 31.1. The summed E-state index contributed by atoms with van der Waals surface area (Å²) in [5.41, 5.74) is -1.13. The van der Waals surface area contributed by atoms with Crippen LogP contribution in [-0.4, -0.2) is 86.9 Å². The number of nitrogens with zero attached hydrogens (tertiary/aromatic N) is 1. The van der Waals surface area contributed by atoms with E-state index in [0.29, 0.717) is 6.42 Å². The molecular formula is C12H22NO9S3-. The molecule has 1 rings (SSSR count). The molecule has 1 fully saturated rings. The first-order valence-electron chi connectivity index (χ1n) is 7.37. The Labute approximate surface area is 154 Å². The Morgan fingerprint density at radius 3 is 2.48 bits per heavy atom. The molecular weight excluding hydrogens is 398 g/mol. The van der Waals surface area contributed by atoms with Gasteiger partial charge in [-0.2, -0.15) is 20.2 Å². The van der Waals surface area contributed by atoms with Crippen molar-refractivity contribution in [1.82, 2.24) is 0 Å². The van der Waals surface area contributed by atoms with Gasteiger partial charge in [0.05, 0.1) is 6.61 Å². The number of aliphatic hydroxyl groups is 4. The molecule has 1 aliphatic heterocycles. The number of unbranched alkanes of at least 4 members (excludes halogenated alkanes) is 1. The molecule has 0 aromatic heterocycles. The molecule has 1 aliphatic rings. The first-order chi connectivity index (χ1) is 11.7. The molecule has 1 saturated heterocycles. The summed E-state index contributed by atoms with van der Waals surface area (Å²) in [4.78, 5) is 0. The summed E-state index contributed by atoms with van der Waals surface area (Å²) in [6, 6.07) is 0. The maximum atomic E-state index is 10.6. The first-order valence-corrected chi connectivity index (χ1v) is 11.0. The van der Waals surface area contributed by atoms with Crippen molar-refractivity contribution in [2.24, 2.45) is 5.16 Å². The summed E-state index contributed by atoms with van der Waals surface area (Å²) in [7, 11) is -5.03. The highest BCUT2D eigenvalue weighted by atomic mass is 32.3. The molecule has 0 bridgehead atoms. The highest BCUT2D eigenvalue weighted by molar-refractivity contribution is 8.14. The molecule has 0 aromatic carbocycles. The van der Waals surface area contributed by atoms with Gasteiger partial charge in [-0.05, 0) is 31.3 Å². The number of rotatable bonds is 9. The van der Waals surface area contributed by atoms with Gasteiger partial charge >= 0.3 is 0 Å². The van der Waals surface area contributed by atoms with Crippen molar-refractivity contribution in [1.29, 1.82) is 0 Å². The van der Waals surface area contributed by atoms with Gasteiger partial charge in [0.2, 0.25) is 0 Å². The standard InChI is InChI=1S/C12H23NO9S3/c1-23-5-3-2-4-8(13-22-25(18,19)20)24-12-11(17)10(16)9(15)7(6-14)21-12/h7,9-12,14-17H,2-6H2,1H3,(H,18,19,20)/p-1/t7-,9-,10+,11-,12+/m1/s1. The van der Waals surface area contributed by atoms with E-state index in [9.17, 15) is 28.3 Å². The van der Waals surface area contributed by atoms with E-state index >= 15 is 0 Å². The second kappa shape index (κ2) is 10.9. The summed E-state index contributed by atoms with van der Waals surface area (Å²) in [6.07, 6.45) is -2.06. The van der Waals surface area contributed by atoms with Crippen LogP contribution in [0.2, 0.25) is 0 Å². The third kappa shape index (κ3) is 7.97. The minimum atomic E-state index is -5.03. The maximum Gasteiger partial charge on any atom is 0.284 e. The third-order valence-electron chi connectivity index (χ3n) is 3.32. The SMILES string of the molecule is CSCCCCC(=NOS(=O)(=O)[O-])S[C@@H]1O[C@H](CO)[C@@H](O)[C@H](O)[C@H]1O. The van der Waals surface area contributed by atoms with Crippen molar-refractivity contribution >= 4 is 39.0 Å². The molecule has 0 amide bonds. The lowest BCUT2D eigenvalue weighted by Crippen LogP contribution is -2.57. The van der Waals surface area contributed by atoms with E-state index in [4.69, 9.17) is 9.84 Å². The third-order valence-corrected chi connectivity index (χ3v) is 5.45. The average molecular weight is 421 g/mol. The topological polar surface area (TPSA) is 169 Å². The second-order valence-electron chi connectivity index (χ2n) is 5.23. The molecule has 10 nitrogen and oxygen atoms in total. The summed E-state index contributed by atoms with van der Waals surface area (Å²) >= 11 is 2.39. The van der Waals surface area contributed by atoms with Crippen LogP contribution in [0.1, 0.15) is 19.3 Å². The van der Waals surface area contributed by atoms with Crippen LogP contribution in [0.25, 0.3) is 0 Å². The fraction of sp³-hybridized carbons (Fsp3) is 0.917. The highest BCUT2D eigenvalue weighted by Crippen LogP contribution is 2.30. The summed E-state index contributed by atoms with van der Waals surface area (Å²) in [5.74, 6) is 0.874. The molecule has 0 saturated carbocycles. The predicted octanol–water partition coefficient (Wildman–Crippen LogP) is -1.16. The smallest absolute Gasteiger partial charge is 0.284 e. The van der Waals surface area contributed by atoms with Crippen LogP contribution >= 0.6 is 23.5 Å². The van der Waals surface area contributed by atoms with Crippen molar-refractivity contribution in [3.05, 3.63) is 0 Å². The zero-order chi connectivity index (χ0) is 19.0.